The molecule has 5 atom stereocenters. The van der Waals surface area contributed by atoms with Crippen molar-refractivity contribution >= 4 is 0 Å². The molecule has 17 heavy (non-hydrogen) atoms. The molecular weight excluding hydrogens is 224 g/mol. The minimum atomic E-state index is -0.705. The molecule has 0 spiro atoms. The molecule has 0 aromatic rings. The Kier molecular flexibility index (Phi) is 5.82. The number of rotatable bonds is 5. The van der Waals surface area contributed by atoms with Crippen molar-refractivity contribution in [3.05, 3.63) is 0 Å². The minimum Gasteiger partial charge on any atom is -0.388 e. The van der Waals surface area contributed by atoms with Gasteiger partial charge < -0.3 is 24.1 Å². The van der Waals surface area contributed by atoms with Crippen LogP contribution in [0.1, 0.15) is 20.8 Å². The largest absolute Gasteiger partial charge is 0.388 e. The van der Waals surface area contributed by atoms with E-state index in [1.165, 1.54) is 0 Å². The van der Waals surface area contributed by atoms with Gasteiger partial charge in [-0.1, -0.05) is 13.8 Å². The van der Waals surface area contributed by atoms with Crippen LogP contribution in [0.4, 0.5) is 0 Å². The topological polar surface area (TPSA) is 57.2 Å². The van der Waals surface area contributed by atoms with Crippen LogP contribution in [0.5, 0.6) is 0 Å². The fourth-order valence-corrected chi connectivity index (χ4v) is 1.93. The number of hydrogen-bond donors (Lipinski definition) is 1. The molecule has 1 rings (SSSR count). The van der Waals surface area contributed by atoms with E-state index in [1.54, 1.807) is 21.1 Å². The number of hydrogen-bond acceptors (Lipinski definition) is 5. The summed E-state index contributed by atoms with van der Waals surface area (Å²) in [7, 11) is 3.12. The first-order chi connectivity index (χ1) is 8.01. The maximum Gasteiger partial charge on any atom is 0.186 e. The zero-order chi connectivity index (χ0) is 13.0. The van der Waals surface area contributed by atoms with Gasteiger partial charge in [0.25, 0.3) is 0 Å². The van der Waals surface area contributed by atoms with Crippen molar-refractivity contribution in [2.75, 3.05) is 20.8 Å². The van der Waals surface area contributed by atoms with Crippen molar-refractivity contribution < 1.29 is 24.1 Å². The molecule has 0 aromatic heterocycles. The Labute approximate surface area is 103 Å². The molecule has 5 heteroatoms. The molecule has 1 N–H and O–H groups in total. The molecule has 1 aliphatic heterocycles. The molecule has 1 heterocycles. The van der Waals surface area contributed by atoms with Crippen LogP contribution in [-0.2, 0) is 18.9 Å². The van der Waals surface area contributed by atoms with Crippen molar-refractivity contribution in [3.8, 4) is 0 Å². The summed E-state index contributed by atoms with van der Waals surface area (Å²) in [5, 5.41) is 9.95. The highest BCUT2D eigenvalue weighted by Crippen LogP contribution is 2.26. The molecule has 0 aliphatic carbocycles. The fraction of sp³-hybridized carbons (Fsp3) is 1.00. The molecule has 0 radical (unpaired) electrons. The van der Waals surface area contributed by atoms with Gasteiger partial charge in [0.15, 0.2) is 6.29 Å². The molecule has 1 aliphatic rings. The molecule has 0 aromatic carbocycles. The van der Waals surface area contributed by atoms with Gasteiger partial charge in [-0.3, -0.25) is 0 Å². The molecule has 0 bridgehead atoms. The van der Waals surface area contributed by atoms with Crippen molar-refractivity contribution in [1.29, 1.82) is 0 Å². The van der Waals surface area contributed by atoms with Crippen molar-refractivity contribution in [3.63, 3.8) is 0 Å². The van der Waals surface area contributed by atoms with Crippen LogP contribution < -0.4 is 0 Å². The smallest absolute Gasteiger partial charge is 0.186 e. The van der Waals surface area contributed by atoms with Gasteiger partial charge in [0.05, 0.1) is 12.7 Å². The van der Waals surface area contributed by atoms with E-state index in [-0.39, 0.29) is 6.10 Å². The number of ether oxygens (including phenoxy) is 4. The maximum atomic E-state index is 9.95. The molecular formula is C12H24O5. The number of aliphatic hydroxyl groups is 1. The van der Waals surface area contributed by atoms with Crippen LogP contribution >= 0.6 is 0 Å². The third-order valence-corrected chi connectivity index (χ3v) is 2.90. The average Bonchev–Trinajstić information content (AvgIpc) is 2.29. The summed E-state index contributed by atoms with van der Waals surface area (Å²) >= 11 is 0. The van der Waals surface area contributed by atoms with Gasteiger partial charge in [-0.15, -0.1) is 0 Å². The molecule has 0 amide bonds. The lowest BCUT2D eigenvalue weighted by Gasteiger charge is -2.42. The minimum absolute atomic E-state index is 0.330. The maximum absolute atomic E-state index is 9.95. The first-order valence-electron chi connectivity index (χ1n) is 6.02. The van der Waals surface area contributed by atoms with Crippen LogP contribution in [-0.4, -0.2) is 56.6 Å². The highest BCUT2D eigenvalue weighted by atomic mass is 16.7. The Hall–Kier alpha value is -0.200. The molecule has 5 nitrogen and oxygen atoms in total. The predicted molar refractivity (Wildman–Crippen MR) is 62.7 cm³/mol. The third-order valence-electron chi connectivity index (χ3n) is 2.90. The Morgan fingerprint density at radius 2 is 1.76 bits per heavy atom. The second kappa shape index (κ2) is 6.66. The highest BCUT2D eigenvalue weighted by Gasteiger charge is 2.44. The lowest BCUT2D eigenvalue weighted by Crippen LogP contribution is -2.58. The monoisotopic (exact) mass is 248 g/mol. The molecule has 0 saturated carbocycles. The third kappa shape index (κ3) is 3.63. The molecule has 102 valence electrons. The zero-order valence-electron chi connectivity index (χ0n) is 11.3. The van der Waals surface area contributed by atoms with Gasteiger partial charge in [-0.05, 0) is 12.8 Å². The quantitative estimate of drug-likeness (QED) is 0.779. The zero-order valence-corrected chi connectivity index (χ0v) is 11.3. The van der Waals surface area contributed by atoms with E-state index < -0.39 is 24.6 Å². The van der Waals surface area contributed by atoms with E-state index in [9.17, 15) is 5.11 Å². The van der Waals surface area contributed by atoms with Crippen molar-refractivity contribution in [2.24, 2.45) is 5.92 Å². The van der Waals surface area contributed by atoms with E-state index >= 15 is 0 Å². The Bertz CT molecular complexity index is 221. The van der Waals surface area contributed by atoms with Gasteiger partial charge in [0, 0.05) is 14.2 Å². The summed E-state index contributed by atoms with van der Waals surface area (Å²) in [5.41, 5.74) is 0. The highest BCUT2D eigenvalue weighted by molar-refractivity contribution is 4.89. The fourth-order valence-electron chi connectivity index (χ4n) is 1.93. The summed E-state index contributed by atoms with van der Waals surface area (Å²) in [6.07, 6.45) is -2.37. The van der Waals surface area contributed by atoms with Crippen LogP contribution in [0, 0.1) is 5.92 Å². The lowest BCUT2D eigenvalue weighted by atomic mass is 9.99. The summed E-state index contributed by atoms with van der Waals surface area (Å²) in [4.78, 5) is 0. The second-order valence-corrected chi connectivity index (χ2v) is 4.83. The second-order valence-electron chi connectivity index (χ2n) is 4.83. The molecule has 1 fully saturated rings. The van der Waals surface area contributed by atoms with Crippen LogP contribution in [0.2, 0.25) is 0 Å². The van der Waals surface area contributed by atoms with E-state index in [4.69, 9.17) is 18.9 Å². The van der Waals surface area contributed by atoms with Gasteiger partial charge in [0.1, 0.15) is 18.3 Å². The molecule has 5 unspecified atom stereocenters. The SMILES string of the molecule is COC1C(OCC(C)C)OC(C)C(O)C1OC. The van der Waals surface area contributed by atoms with Gasteiger partial charge in [-0.2, -0.15) is 0 Å². The Balaban J connectivity index is 2.67. The molecule has 1 saturated heterocycles. The summed E-state index contributed by atoms with van der Waals surface area (Å²) in [6, 6.07) is 0. The summed E-state index contributed by atoms with van der Waals surface area (Å²) in [5.74, 6) is 0.416. The van der Waals surface area contributed by atoms with Crippen LogP contribution in [0.25, 0.3) is 0 Å². The normalized spacial score (nSPS) is 38.6. The summed E-state index contributed by atoms with van der Waals surface area (Å²) in [6.45, 7) is 6.52. The van der Waals surface area contributed by atoms with Crippen LogP contribution in [0.15, 0.2) is 0 Å². The van der Waals surface area contributed by atoms with Crippen molar-refractivity contribution in [1.82, 2.24) is 0 Å². The predicted octanol–water partition coefficient (Wildman–Crippen LogP) is 0.795. The average molecular weight is 248 g/mol. The number of methoxy groups -OCH3 is 2. The Morgan fingerprint density at radius 3 is 2.24 bits per heavy atom. The van der Waals surface area contributed by atoms with Gasteiger partial charge >= 0.3 is 0 Å². The van der Waals surface area contributed by atoms with E-state index in [0.717, 1.165) is 0 Å². The summed E-state index contributed by atoms with van der Waals surface area (Å²) < 4.78 is 21.9. The Morgan fingerprint density at radius 1 is 1.18 bits per heavy atom. The van der Waals surface area contributed by atoms with Gasteiger partial charge in [-0.25, -0.2) is 0 Å². The standard InChI is InChI=1S/C12H24O5/c1-7(2)6-16-12-11(15-5)10(14-4)9(13)8(3)17-12/h7-13H,6H2,1-5H3. The first kappa shape index (κ1) is 14.9. The van der Waals surface area contributed by atoms with E-state index in [0.29, 0.717) is 12.5 Å². The van der Waals surface area contributed by atoms with Gasteiger partial charge in [0.2, 0.25) is 0 Å². The lowest BCUT2D eigenvalue weighted by molar-refractivity contribution is -0.303. The first-order valence-corrected chi connectivity index (χ1v) is 6.02. The van der Waals surface area contributed by atoms with Crippen LogP contribution in [0.3, 0.4) is 0 Å². The van der Waals surface area contributed by atoms with E-state index in [2.05, 4.69) is 13.8 Å². The van der Waals surface area contributed by atoms with Crippen molar-refractivity contribution in [2.45, 2.75) is 51.5 Å². The van der Waals surface area contributed by atoms with E-state index in [1.807, 2.05) is 0 Å². The number of aliphatic hydroxyl groups excluding tert-OH is 1.